The van der Waals surface area contributed by atoms with Gasteiger partial charge >= 0.3 is 11.4 Å². The molecule has 1 N–H and O–H groups in total. The SMILES string of the molecule is Cc1cc(C(=O)N2CCCCC2)ccc1-c1cccc(COc2ccc(Cn3oc(=O)[nH]c3=O)cc2)c1. The van der Waals surface area contributed by atoms with E-state index >= 15 is 0 Å². The molecule has 1 aromatic heterocycles. The molecule has 1 aliphatic rings. The standard InChI is InChI=1S/C29H29N3O5/c1-20-16-24(27(33)31-14-3-2-4-15-31)10-13-26(20)23-7-5-6-22(17-23)19-36-25-11-8-21(9-12-25)18-32-28(34)30-29(35)37-32/h5-13,16-17H,2-4,14-15,18-19H2,1H3,(H,30,34,35). The summed E-state index contributed by atoms with van der Waals surface area (Å²) >= 11 is 0. The number of aryl methyl sites for hydroxylation is 1. The first-order chi connectivity index (χ1) is 18.0. The van der Waals surface area contributed by atoms with Crippen molar-refractivity contribution < 1.29 is 14.1 Å². The molecule has 190 valence electrons. The maximum absolute atomic E-state index is 12.9. The van der Waals surface area contributed by atoms with E-state index in [9.17, 15) is 14.4 Å². The zero-order valence-electron chi connectivity index (χ0n) is 20.7. The van der Waals surface area contributed by atoms with E-state index in [0.717, 1.165) is 64.1 Å². The number of benzene rings is 3. The average Bonchev–Trinajstić information content (AvgIpc) is 3.24. The number of rotatable bonds is 7. The van der Waals surface area contributed by atoms with Crippen LogP contribution in [0.2, 0.25) is 0 Å². The van der Waals surface area contributed by atoms with Gasteiger partial charge in [-0.25, -0.2) is 14.6 Å². The molecule has 1 aliphatic heterocycles. The fourth-order valence-corrected chi connectivity index (χ4v) is 4.67. The second kappa shape index (κ2) is 10.7. The summed E-state index contributed by atoms with van der Waals surface area (Å²) in [5.74, 6) is 0.0327. The van der Waals surface area contributed by atoms with Gasteiger partial charge in [-0.1, -0.05) is 36.4 Å². The van der Waals surface area contributed by atoms with Crippen LogP contribution >= 0.6 is 0 Å². The molecular weight excluding hydrogens is 470 g/mol. The number of piperidine rings is 1. The monoisotopic (exact) mass is 499 g/mol. The topological polar surface area (TPSA) is 97.5 Å². The minimum atomic E-state index is -0.774. The second-order valence-electron chi connectivity index (χ2n) is 9.36. The summed E-state index contributed by atoms with van der Waals surface area (Å²) in [7, 11) is 0. The Morgan fingerprint density at radius 3 is 2.43 bits per heavy atom. The minimum Gasteiger partial charge on any atom is -0.489 e. The summed E-state index contributed by atoms with van der Waals surface area (Å²) in [5.41, 5.74) is 5.22. The van der Waals surface area contributed by atoms with Crippen molar-refractivity contribution in [2.45, 2.75) is 39.3 Å². The van der Waals surface area contributed by atoms with Gasteiger partial charge in [-0.2, -0.15) is 0 Å². The smallest absolute Gasteiger partial charge is 0.440 e. The molecule has 0 spiro atoms. The highest BCUT2D eigenvalue weighted by Crippen LogP contribution is 2.27. The van der Waals surface area contributed by atoms with E-state index < -0.39 is 11.4 Å². The van der Waals surface area contributed by atoms with E-state index in [1.54, 1.807) is 0 Å². The number of hydrogen-bond acceptors (Lipinski definition) is 5. The molecule has 3 aromatic carbocycles. The van der Waals surface area contributed by atoms with Crippen LogP contribution in [0.15, 0.2) is 80.8 Å². The Bertz CT molecular complexity index is 1510. The quantitative estimate of drug-likeness (QED) is 0.408. The molecule has 0 bridgehead atoms. The van der Waals surface area contributed by atoms with Crippen molar-refractivity contribution >= 4 is 5.91 Å². The minimum absolute atomic E-state index is 0.118. The number of nitrogens with zero attached hydrogens (tertiary/aromatic N) is 2. The summed E-state index contributed by atoms with van der Waals surface area (Å²) in [4.78, 5) is 39.6. The highest BCUT2D eigenvalue weighted by atomic mass is 16.5. The second-order valence-corrected chi connectivity index (χ2v) is 9.36. The molecule has 1 saturated heterocycles. The summed E-state index contributed by atoms with van der Waals surface area (Å²) in [6.45, 7) is 4.27. The van der Waals surface area contributed by atoms with Crippen LogP contribution in [0.5, 0.6) is 5.75 Å². The molecule has 0 radical (unpaired) electrons. The first kappa shape index (κ1) is 24.4. The van der Waals surface area contributed by atoms with Gasteiger partial charge in [-0.05, 0) is 84.3 Å². The largest absolute Gasteiger partial charge is 0.489 e. The van der Waals surface area contributed by atoms with Gasteiger partial charge in [0, 0.05) is 18.7 Å². The molecule has 0 saturated carbocycles. The number of H-pyrrole nitrogens is 1. The van der Waals surface area contributed by atoms with E-state index in [1.807, 2.05) is 66.4 Å². The highest BCUT2D eigenvalue weighted by Gasteiger charge is 2.19. The fraction of sp³-hybridized carbons (Fsp3) is 0.276. The third-order valence-corrected chi connectivity index (χ3v) is 6.64. The summed E-state index contributed by atoms with van der Waals surface area (Å²) in [6.07, 6.45) is 3.36. The van der Waals surface area contributed by atoms with Crippen LogP contribution in [0.4, 0.5) is 0 Å². The van der Waals surface area contributed by atoms with Crippen molar-refractivity contribution in [3.63, 3.8) is 0 Å². The van der Waals surface area contributed by atoms with Gasteiger partial charge in [0.2, 0.25) is 0 Å². The normalized spacial score (nSPS) is 13.5. The lowest BCUT2D eigenvalue weighted by Gasteiger charge is -2.27. The van der Waals surface area contributed by atoms with E-state index in [2.05, 4.69) is 17.1 Å². The van der Waals surface area contributed by atoms with Gasteiger partial charge in [0.1, 0.15) is 12.4 Å². The summed E-state index contributed by atoms with van der Waals surface area (Å²) < 4.78 is 11.7. The average molecular weight is 500 g/mol. The van der Waals surface area contributed by atoms with Crippen LogP contribution < -0.4 is 16.2 Å². The van der Waals surface area contributed by atoms with E-state index in [-0.39, 0.29) is 12.5 Å². The van der Waals surface area contributed by atoms with E-state index in [4.69, 9.17) is 9.26 Å². The number of aromatic amines is 1. The lowest BCUT2D eigenvalue weighted by atomic mass is 9.96. The van der Waals surface area contributed by atoms with Crippen molar-refractivity contribution in [2.75, 3.05) is 13.1 Å². The predicted molar refractivity (Wildman–Crippen MR) is 140 cm³/mol. The molecule has 0 aliphatic carbocycles. The van der Waals surface area contributed by atoms with Gasteiger partial charge in [-0.15, -0.1) is 4.74 Å². The van der Waals surface area contributed by atoms with Gasteiger partial charge < -0.3 is 14.2 Å². The maximum atomic E-state index is 12.9. The highest BCUT2D eigenvalue weighted by molar-refractivity contribution is 5.95. The lowest BCUT2D eigenvalue weighted by molar-refractivity contribution is 0.0724. The van der Waals surface area contributed by atoms with Crippen molar-refractivity contribution in [3.8, 4) is 16.9 Å². The van der Waals surface area contributed by atoms with E-state index in [1.165, 1.54) is 6.42 Å². The maximum Gasteiger partial charge on any atom is 0.440 e. The Kier molecular flexibility index (Phi) is 7.07. The zero-order valence-corrected chi connectivity index (χ0v) is 20.7. The zero-order chi connectivity index (χ0) is 25.8. The first-order valence-electron chi connectivity index (χ1n) is 12.5. The van der Waals surface area contributed by atoms with Crippen molar-refractivity contribution in [1.82, 2.24) is 14.6 Å². The van der Waals surface area contributed by atoms with Crippen molar-refractivity contribution in [2.24, 2.45) is 0 Å². The Hall–Kier alpha value is -4.33. The van der Waals surface area contributed by atoms with Crippen LogP contribution in [-0.2, 0) is 13.2 Å². The number of likely N-dealkylation sites (tertiary alicyclic amines) is 1. The van der Waals surface area contributed by atoms with Gasteiger partial charge in [0.05, 0.1) is 6.54 Å². The molecule has 2 heterocycles. The van der Waals surface area contributed by atoms with Gasteiger partial charge in [-0.3, -0.25) is 4.79 Å². The van der Waals surface area contributed by atoms with Crippen LogP contribution in [0, 0.1) is 6.92 Å². The van der Waals surface area contributed by atoms with Gasteiger partial charge in [0.15, 0.2) is 0 Å². The molecule has 1 amide bonds. The number of hydrogen-bond donors (Lipinski definition) is 1. The van der Waals surface area contributed by atoms with Crippen LogP contribution in [0.25, 0.3) is 11.1 Å². The molecule has 8 heteroatoms. The number of carbonyl (C=O) groups excluding carboxylic acids is 1. The molecule has 1 fully saturated rings. The number of aromatic nitrogens is 2. The van der Waals surface area contributed by atoms with Crippen molar-refractivity contribution in [3.05, 3.63) is 110 Å². The predicted octanol–water partition coefficient (Wildman–Crippen LogP) is 4.36. The van der Waals surface area contributed by atoms with Crippen LogP contribution in [-0.4, -0.2) is 33.6 Å². The molecule has 4 aromatic rings. The molecule has 5 rings (SSSR count). The molecule has 0 atom stereocenters. The number of nitrogens with one attached hydrogen (secondary N) is 1. The molecular formula is C29H29N3O5. The van der Waals surface area contributed by atoms with Crippen LogP contribution in [0.1, 0.15) is 46.3 Å². The first-order valence-corrected chi connectivity index (χ1v) is 12.5. The number of amides is 1. The molecule has 8 nitrogen and oxygen atoms in total. The summed E-state index contributed by atoms with van der Waals surface area (Å²) in [6, 6.07) is 21.4. The Morgan fingerprint density at radius 2 is 1.73 bits per heavy atom. The number of carbonyl (C=O) groups is 1. The Morgan fingerprint density at radius 1 is 0.946 bits per heavy atom. The fourth-order valence-electron chi connectivity index (χ4n) is 4.67. The number of ether oxygens (including phenoxy) is 1. The van der Waals surface area contributed by atoms with Gasteiger partial charge in [0.25, 0.3) is 5.91 Å². The Labute approximate surface area is 214 Å². The van der Waals surface area contributed by atoms with E-state index in [0.29, 0.717) is 12.4 Å². The third-order valence-electron chi connectivity index (χ3n) is 6.64. The van der Waals surface area contributed by atoms with Crippen LogP contribution in [0.3, 0.4) is 0 Å². The van der Waals surface area contributed by atoms with Crippen molar-refractivity contribution in [1.29, 1.82) is 0 Å². The molecule has 0 unspecified atom stereocenters. The third kappa shape index (κ3) is 5.74. The lowest BCUT2D eigenvalue weighted by Crippen LogP contribution is -2.35. The molecule has 37 heavy (non-hydrogen) atoms. The Balaban J connectivity index is 1.23. The summed E-state index contributed by atoms with van der Waals surface area (Å²) in [5, 5.41) is 0.